The standard InChI is InChI=1S/C15H21FO2/c1-3-11-6-5-9-15(17,10-11)12-7-4-8-13(18-2)14(12)16/h4,7-8,11,17H,3,5-6,9-10H2,1-2H3. The second-order valence-corrected chi connectivity index (χ2v) is 5.22. The zero-order valence-corrected chi connectivity index (χ0v) is 11.1. The van der Waals surface area contributed by atoms with Crippen molar-refractivity contribution < 1.29 is 14.2 Å². The molecule has 0 amide bonds. The number of ether oxygens (including phenoxy) is 1. The quantitative estimate of drug-likeness (QED) is 0.890. The van der Waals surface area contributed by atoms with Crippen molar-refractivity contribution in [2.24, 2.45) is 5.92 Å². The normalized spacial score (nSPS) is 28.1. The highest BCUT2D eigenvalue weighted by Crippen LogP contribution is 2.43. The Morgan fingerprint density at radius 1 is 1.50 bits per heavy atom. The predicted octanol–water partition coefficient (Wildman–Crippen LogP) is 3.62. The van der Waals surface area contributed by atoms with Gasteiger partial charge >= 0.3 is 0 Å². The maximum absolute atomic E-state index is 14.2. The number of halogens is 1. The van der Waals surface area contributed by atoms with Crippen LogP contribution >= 0.6 is 0 Å². The van der Waals surface area contributed by atoms with Gasteiger partial charge in [0.15, 0.2) is 11.6 Å². The molecule has 1 aromatic carbocycles. The molecule has 0 heterocycles. The number of aliphatic hydroxyl groups is 1. The van der Waals surface area contributed by atoms with Gasteiger partial charge in [0.2, 0.25) is 0 Å². The van der Waals surface area contributed by atoms with Crippen LogP contribution in [0.3, 0.4) is 0 Å². The van der Waals surface area contributed by atoms with Crippen LogP contribution in [0.4, 0.5) is 4.39 Å². The second kappa shape index (κ2) is 5.27. The summed E-state index contributed by atoms with van der Waals surface area (Å²) in [5, 5.41) is 10.7. The number of rotatable bonds is 3. The van der Waals surface area contributed by atoms with Crippen LogP contribution in [-0.4, -0.2) is 12.2 Å². The maximum atomic E-state index is 14.2. The van der Waals surface area contributed by atoms with Crippen LogP contribution in [0.5, 0.6) is 5.75 Å². The smallest absolute Gasteiger partial charge is 0.171 e. The SMILES string of the molecule is CCC1CCCC(O)(c2cccc(OC)c2F)C1. The van der Waals surface area contributed by atoms with Gasteiger partial charge < -0.3 is 9.84 Å². The van der Waals surface area contributed by atoms with Crippen molar-refractivity contribution in [3.63, 3.8) is 0 Å². The summed E-state index contributed by atoms with van der Waals surface area (Å²) in [5.41, 5.74) is -0.641. The summed E-state index contributed by atoms with van der Waals surface area (Å²) >= 11 is 0. The highest BCUT2D eigenvalue weighted by Gasteiger charge is 2.37. The van der Waals surface area contributed by atoms with E-state index in [4.69, 9.17) is 4.74 Å². The molecule has 2 nitrogen and oxygen atoms in total. The first-order valence-corrected chi connectivity index (χ1v) is 6.66. The molecule has 0 aliphatic heterocycles. The number of benzene rings is 1. The van der Waals surface area contributed by atoms with E-state index < -0.39 is 11.4 Å². The third kappa shape index (κ3) is 2.37. The minimum Gasteiger partial charge on any atom is -0.494 e. The second-order valence-electron chi connectivity index (χ2n) is 5.22. The molecular weight excluding hydrogens is 231 g/mol. The Morgan fingerprint density at radius 3 is 2.94 bits per heavy atom. The van der Waals surface area contributed by atoms with Gasteiger partial charge in [-0.2, -0.15) is 0 Å². The minimum absolute atomic E-state index is 0.208. The Hall–Kier alpha value is -1.09. The summed E-state index contributed by atoms with van der Waals surface area (Å²) in [7, 11) is 1.45. The van der Waals surface area contributed by atoms with Gasteiger partial charge in [-0.05, 0) is 31.2 Å². The van der Waals surface area contributed by atoms with Crippen LogP contribution in [-0.2, 0) is 5.60 Å². The first-order chi connectivity index (χ1) is 8.60. The molecule has 0 radical (unpaired) electrons. The van der Waals surface area contributed by atoms with Gasteiger partial charge in [-0.15, -0.1) is 0 Å². The molecule has 0 spiro atoms. The van der Waals surface area contributed by atoms with Crippen LogP contribution in [0, 0.1) is 11.7 Å². The van der Waals surface area contributed by atoms with Crippen LogP contribution in [0.15, 0.2) is 18.2 Å². The number of methoxy groups -OCH3 is 1. The molecule has 0 bridgehead atoms. The van der Waals surface area contributed by atoms with E-state index in [9.17, 15) is 9.50 Å². The van der Waals surface area contributed by atoms with Crippen molar-refractivity contribution in [1.29, 1.82) is 0 Å². The van der Waals surface area contributed by atoms with E-state index in [0.29, 0.717) is 24.3 Å². The summed E-state index contributed by atoms with van der Waals surface area (Å²) < 4.78 is 19.2. The largest absolute Gasteiger partial charge is 0.494 e. The molecule has 1 aliphatic rings. The fourth-order valence-corrected chi connectivity index (χ4v) is 2.99. The highest BCUT2D eigenvalue weighted by molar-refractivity contribution is 5.35. The Bertz CT molecular complexity index is 419. The van der Waals surface area contributed by atoms with Gasteiger partial charge in [0.25, 0.3) is 0 Å². The Balaban J connectivity index is 2.34. The van der Waals surface area contributed by atoms with Crippen LogP contribution in [0.1, 0.15) is 44.6 Å². The van der Waals surface area contributed by atoms with Crippen molar-refractivity contribution in [2.45, 2.75) is 44.6 Å². The molecular formula is C15H21FO2. The van der Waals surface area contributed by atoms with Gasteiger partial charge in [-0.1, -0.05) is 31.9 Å². The Kier molecular flexibility index (Phi) is 3.91. The maximum Gasteiger partial charge on any atom is 0.171 e. The molecule has 1 fully saturated rings. The molecule has 1 aliphatic carbocycles. The molecule has 3 heteroatoms. The van der Waals surface area contributed by atoms with E-state index in [1.165, 1.54) is 7.11 Å². The van der Waals surface area contributed by atoms with Gasteiger partial charge in [-0.25, -0.2) is 4.39 Å². The fraction of sp³-hybridized carbons (Fsp3) is 0.600. The molecule has 1 N–H and O–H groups in total. The lowest BCUT2D eigenvalue weighted by Crippen LogP contribution is -2.33. The van der Waals surface area contributed by atoms with Gasteiger partial charge in [-0.3, -0.25) is 0 Å². The van der Waals surface area contributed by atoms with E-state index in [-0.39, 0.29) is 5.75 Å². The topological polar surface area (TPSA) is 29.5 Å². The van der Waals surface area contributed by atoms with E-state index in [2.05, 4.69) is 6.92 Å². The molecule has 100 valence electrons. The Morgan fingerprint density at radius 2 is 2.28 bits per heavy atom. The van der Waals surface area contributed by atoms with Gasteiger partial charge in [0.1, 0.15) is 0 Å². The number of hydrogen-bond acceptors (Lipinski definition) is 2. The molecule has 2 atom stereocenters. The zero-order valence-electron chi connectivity index (χ0n) is 11.1. The molecule has 2 rings (SSSR count). The van der Waals surface area contributed by atoms with Crippen LogP contribution < -0.4 is 4.74 Å². The highest BCUT2D eigenvalue weighted by atomic mass is 19.1. The van der Waals surface area contributed by atoms with E-state index in [1.807, 2.05) is 0 Å². The lowest BCUT2D eigenvalue weighted by atomic mass is 9.73. The van der Waals surface area contributed by atoms with E-state index >= 15 is 0 Å². The van der Waals surface area contributed by atoms with Crippen molar-refractivity contribution in [1.82, 2.24) is 0 Å². The van der Waals surface area contributed by atoms with Gasteiger partial charge in [0.05, 0.1) is 12.7 Å². The third-order valence-corrected chi connectivity index (χ3v) is 4.09. The molecule has 18 heavy (non-hydrogen) atoms. The van der Waals surface area contributed by atoms with Crippen molar-refractivity contribution in [3.8, 4) is 5.75 Å². The molecule has 0 saturated heterocycles. The van der Waals surface area contributed by atoms with Gasteiger partial charge in [0, 0.05) is 5.56 Å². The summed E-state index contributed by atoms with van der Waals surface area (Å²) in [4.78, 5) is 0. The summed E-state index contributed by atoms with van der Waals surface area (Å²) in [6.45, 7) is 2.12. The zero-order chi connectivity index (χ0) is 13.2. The first kappa shape index (κ1) is 13.3. The van der Waals surface area contributed by atoms with Crippen LogP contribution in [0.2, 0.25) is 0 Å². The minimum atomic E-state index is -1.03. The van der Waals surface area contributed by atoms with E-state index in [1.54, 1.807) is 18.2 Å². The molecule has 2 unspecified atom stereocenters. The summed E-state index contributed by atoms with van der Waals surface area (Å²) in [6.07, 6.45) is 4.39. The third-order valence-electron chi connectivity index (χ3n) is 4.09. The fourth-order valence-electron chi connectivity index (χ4n) is 2.99. The van der Waals surface area contributed by atoms with E-state index in [0.717, 1.165) is 19.3 Å². The van der Waals surface area contributed by atoms with Crippen molar-refractivity contribution in [2.75, 3.05) is 7.11 Å². The van der Waals surface area contributed by atoms with Crippen LogP contribution in [0.25, 0.3) is 0 Å². The Labute approximate surface area is 108 Å². The summed E-state index contributed by atoms with van der Waals surface area (Å²) in [6, 6.07) is 5.00. The molecule has 0 aromatic heterocycles. The molecule has 1 saturated carbocycles. The summed E-state index contributed by atoms with van der Waals surface area (Å²) in [5.74, 6) is 0.271. The first-order valence-electron chi connectivity index (χ1n) is 6.66. The molecule has 1 aromatic rings. The predicted molar refractivity (Wildman–Crippen MR) is 69.1 cm³/mol. The number of hydrogen-bond donors (Lipinski definition) is 1. The monoisotopic (exact) mass is 252 g/mol. The average Bonchev–Trinajstić information content (AvgIpc) is 2.38. The lowest BCUT2D eigenvalue weighted by Gasteiger charge is -2.37. The lowest BCUT2D eigenvalue weighted by molar-refractivity contribution is -0.0247. The van der Waals surface area contributed by atoms with Crippen molar-refractivity contribution >= 4 is 0 Å². The van der Waals surface area contributed by atoms with Crippen molar-refractivity contribution in [3.05, 3.63) is 29.6 Å². The average molecular weight is 252 g/mol.